The fourth-order valence-corrected chi connectivity index (χ4v) is 2.96. The van der Waals surface area contributed by atoms with Gasteiger partial charge in [0.1, 0.15) is 0 Å². The summed E-state index contributed by atoms with van der Waals surface area (Å²) in [5, 5.41) is 4.93. The lowest BCUT2D eigenvalue weighted by Gasteiger charge is -2.14. The fraction of sp³-hybridized carbons (Fsp3) is 0.267. The molecule has 1 aromatic carbocycles. The molecule has 2 aromatic rings. The molecule has 0 saturated heterocycles. The van der Waals surface area contributed by atoms with Crippen molar-refractivity contribution in [1.29, 1.82) is 0 Å². The van der Waals surface area contributed by atoms with Crippen LogP contribution in [0.4, 0.5) is 0 Å². The molecule has 0 radical (unpaired) electrons. The molecule has 20 heavy (non-hydrogen) atoms. The zero-order valence-electron chi connectivity index (χ0n) is 11.3. The van der Waals surface area contributed by atoms with E-state index >= 15 is 0 Å². The van der Waals surface area contributed by atoms with Gasteiger partial charge in [-0.05, 0) is 48.6 Å². The summed E-state index contributed by atoms with van der Waals surface area (Å²) in [6, 6.07) is 7.59. The predicted octanol–water partition coefficient (Wildman–Crippen LogP) is 3.28. The maximum Gasteiger partial charge on any atom is 0.262 e. The van der Waals surface area contributed by atoms with Crippen LogP contribution < -0.4 is 14.8 Å². The van der Waals surface area contributed by atoms with E-state index < -0.39 is 0 Å². The molecule has 0 aliphatic carbocycles. The van der Waals surface area contributed by atoms with Crippen LogP contribution in [0.25, 0.3) is 0 Å². The standard InChI is InChI=1S/C15H15NO3S/c1-9-5-6-20-14(9)15(17)16-10(2)11-3-4-12-13(7-11)19-8-18-12/h3-7,10H,8H2,1-2H3,(H,16,17)/t10-/m1/s1. The van der Waals surface area contributed by atoms with E-state index in [-0.39, 0.29) is 18.7 Å². The average molecular weight is 289 g/mol. The van der Waals surface area contributed by atoms with Gasteiger partial charge >= 0.3 is 0 Å². The number of nitrogens with one attached hydrogen (secondary N) is 1. The van der Waals surface area contributed by atoms with Crippen molar-refractivity contribution < 1.29 is 14.3 Å². The largest absolute Gasteiger partial charge is 0.454 e. The summed E-state index contributed by atoms with van der Waals surface area (Å²) >= 11 is 1.46. The van der Waals surface area contributed by atoms with Gasteiger partial charge in [-0.2, -0.15) is 0 Å². The molecule has 1 aromatic heterocycles. The molecule has 3 rings (SSSR count). The second-order valence-corrected chi connectivity index (χ2v) is 5.66. The van der Waals surface area contributed by atoms with Crippen LogP contribution in [-0.4, -0.2) is 12.7 Å². The van der Waals surface area contributed by atoms with Crippen molar-refractivity contribution in [2.75, 3.05) is 6.79 Å². The number of ether oxygens (including phenoxy) is 2. The lowest BCUT2D eigenvalue weighted by molar-refractivity contribution is 0.0943. The van der Waals surface area contributed by atoms with Crippen LogP contribution in [0.1, 0.15) is 33.8 Å². The Balaban J connectivity index is 1.75. The Bertz CT molecular complexity index is 650. The molecule has 1 atom stereocenters. The molecule has 1 aliphatic heterocycles. The Hall–Kier alpha value is -2.01. The molecular formula is C15H15NO3S. The van der Waals surface area contributed by atoms with E-state index in [2.05, 4.69) is 5.32 Å². The zero-order valence-corrected chi connectivity index (χ0v) is 12.1. The molecule has 104 valence electrons. The first-order valence-electron chi connectivity index (χ1n) is 6.39. The van der Waals surface area contributed by atoms with Crippen molar-refractivity contribution in [2.45, 2.75) is 19.9 Å². The summed E-state index contributed by atoms with van der Waals surface area (Å²) < 4.78 is 10.6. The highest BCUT2D eigenvalue weighted by Crippen LogP contribution is 2.34. The minimum absolute atomic E-state index is 0.0392. The van der Waals surface area contributed by atoms with Gasteiger partial charge in [0.05, 0.1) is 10.9 Å². The molecule has 1 amide bonds. The minimum atomic E-state index is -0.0847. The Morgan fingerprint density at radius 3 is 2.85 bits per heavy atom. The number of hydrogen-bond acceptors (Lipinski definition) is 4. The fourth-order valence-electron chi connectivity index (χ4n) is 2.13. The van der Waals surface area contributed by atoms with Crippen molar-refractivity contribution >= 4 is 17.2 Å². The highest BCUT2D eigenvalue weighted by atomic mass is 32.1. The number of thiophene rings is 1. The molecule has 5 heteroatoms. The number of fused-ring (bicyclic) bond motifs is 1. The highest BCUT2D eigenvalue weighted by molar-refractivity contribution is 7.12. The maximum atomic E-state index is 12.2. The SMILES string of the molecule is Cc1ccsc1C(=O)N[C@H](C)c1ccc2c(c1)OCO2. The van der Waals surface area contributed by atoms with Crippen LogP contribution in [0, 0.1) is 6.92 Å². The first-order chi connectivity index (χ1) is 9.65. The van der Waals surface area contributed by atoms with Crippen LogP contribution in [0.15, 0.2) is 29.6 Å². The van der Waals surface area contributed by atoms with Crippen molar-refractivity contribution in [3.8, 4) is 11.5 Å². The van der Waals surface area contributed by atoms with Gasteiger partial charge in [-0.1, -0.05) is 6.07 Å². The van der Waals surface area contributed by atoms with Gasteiger partial charge in [0.15, 0.2) is 11.5 Å². The third-order valence-electron chi connectivity index (χ3n) is 3.31. The third kappa shape index (κ3) is 2.36. The van der Waals surface area contributed by atoms with Gasteiger partial charge < -0.3 is 14.8 Å². The Morgan fingerprint density at radius 1 is 1.30 bits per heavy atom. The van der Waals surface area contributed by atoms with Gasteiger partial charge in [-0.15, -0.1) is 11.3 Å². The Kier molecular flexibility index (Phi) is 3.36. The number of amides is 1. The first kappa shape index (κ1) is 13.0. The molecule has 1 N–H and O–H groups in total. The lowest BCUT2D eigenvalue weighted by atomic mass is 10.1. The molecule has 0 fully saturated rings. The summed E-state index contributed by atoms with van der Waals surface area (Å²) in [5.41, 5.74) is 2.00. The molecule has 4 nitrogen and oxygen atoms in total. The van der Waals surface area contributed by atoms with E-state index in [0.717, 1.165) is 27.5 Å². The quantitative estimate of drug-likeness (QED) is 0.943. The smallest absolute Gasteiger partial charge is 0.262 e. The molecule has 2 heterocycles. The van der Waals surface area contributed by atoms with E-state index in [1.807, 2.05) is 43.5 Å². The maximum absolute atomic E-state index is 12.2. The lowest BCUT2D eigenvalue weighted by Crippen LogP contribution is -2.26. The van der Waals surface area contributed by atoms with Gasteiger partial charge in [0.2, 0.25) is 6.79 Å². The number of rotatable bonds is 3. The third-order valence-corrected chi connectivity index (χ3v) is 4.33. The molecule has 0 spiro atoms. The molecule has 0 saturated carbocycles. The predicted molar refractivity (Wildman–Crippen MR) is 77.5 cm³/mol. The van der Waals surface area contributed by atoms with Crippen molar-refractivity contribution in [2.24, 2.45) is 0 Å². The van der Waals surface area contributed by atoms with E-state index in [0.29, 0.717) is 0 Å². The van der Waals surface area contributed by atoms with Crippen LogP contribution in [0.3, 0.4) is 0 Å². The summed E-state index contributed by atoms with van der Waals surface area (Å²) in [7, 11) is 0. The summed E-state index contributed by atoms with van der Waals surface area (Å²) in [4.78, 5) is 12.9. The van der Waals surface area contributed by atoms with Crippen LogP contribution in [-0.2, 0) is 0 Å². The number of benzene rings is 1. The summed E-state index contributed by atoms with van der Waals surface area (Å²) in [6.07, 6.45) is 0. The number of hydrogen-bond donors (Lipinski definition) is 1. The van der Waals surface area contributed by atoms with Gasteiger partial charge in [-0.25, -0.2) is 0 Å². The van der Waals surface area contributed by atoms with Gasteiger partial charge in [0.25, 0.3) is 5.91 Å². The average Bonchev–Trinajstić information content (AvgIpc) is 3.05. The molecule has 1 aliphatic rings. The topological polar surface area (TPSA) is 47.6 Å². The van der Waals surface area contributed by atoms with Gasteiger partial charge in [0, 0.05) is 0 Å². The van der Waals surface area contributed by atoms with E-state index in [1.165, 1.54) is 11.3 Å². The second kappa shape index (κ2) is 5.17. The highest BCUT2D eigenvalue weighted by Gasteiger charge is 2.18. The first-order valence-corrected chi connectivity index (χ1v) is 7.27. The second-order valence-electron chi connectivity index (χ2n) is 4.74. The molecule has 0 bridgehead atoms. The van der Waals surface area contributed by atoms with E-state index in [4.69, 9.17) is 9.47 Å². The number of carbonyl (C=O) groups is 1. The van der Waals surface area contributed by atoms with Gasteiger partial charge in [-0.3, -0.25) is 4.79 Å². The number of aryl methyl sites for hydroxylation is 1. The Labute approximate surface area is 121 Å². The van der Waals surface area contributed by atoms with E-state index in [9.17, 15) is 4.79 Å². The number of carbonyl (C=O) groups excluding carboxylic acids is 1. The Morgan fingerprint density at radius 2 is 2.10 bits per heavy atom. The molecular weight excluding hydrogens is 274 g/mol. The zero-order chi connectivity index (χ0) is 14.1. The van der Waals surface area contributed by atoms with Crippen LogP contribution >= 0.6 is 11.3 Å². The summed E-state index contributed by atoms with van der Waals surface area (Å²) in [5.74, 6) is 1.44. The van der Waals surface area contributed by atoms with Crippen LogP contribution in [0.5, 0.6) is 11.5 Å². The van der Waals surface area contributed by atoms with Crippen molar-refractivity contribution in [3.63, 3.8) is 0 Å². The monoisotopic (exact) mass is 289 g/mol. The van der Waals surface area contributed by atoms with Crippen molar-refractivity contribution in [1.82, 2.24) is 5.32 Å². The normalized spacial score (nSPS) is 14.1. The summed E-state index contributed by atoms with van der Waals surface area (Å²) in [6.45, 7) is 4.16. The molecule has 0 unspecified atom stereocenters. The van der Waals surface area contributed by atoms with Crippen molar-refractivity contribution in [3.05, 3.63) is 45.6 Å². The van der Waals surface area contributed by atoms with Crippen LogP contribution in [0.2, 0.25) is 0 Å². The van der Waals surface area contributed by atoms with E-state index in [1.54, 1.807) is 0 Å². The minimum Gasteiger partial charge on any atom is -0.454 e.